The molecule has 1 N–H and O–H groups in total. The summed E-state index contributed by atoms with van der Waals surface area (Å²) in [5.41, 5.74) is 0.919. The van der Waals surface area contributed by atoms with Gasteiger partial charge in [0.05, 0.1) is 0 Å². The first-order valence-corrected chi connectivity index (χ1v) is 9.19. The number of hydrogen-bond acceptors (Lipinski definition) is 4. The summed E-state index contributed by atoms with van der Waals surface area (Å²) >= 11 is 1.56. The largest absolute Gasteiger partial charge is 0.445 e. The number of carbonyl (C=O) groups excluding carboxylic acids is 2. The smallest absolute Gasteiger partial charge is 0.408 e. The number of rotatable bonds is 6. The molecule has 126 valence electrons. The van der Waals surface area contributed by atoms with Crippen LogP contribution in [0.5, 0.6) is 0 Å². The number of alkyl carbamates (subject to hydrolysis) is 1. The topological polar surface area (TPSA) is 58.6 Å². The number of hydrogen-bond donors (Lipinski definition) is 1. The first-order valence-electron chi connectivity index (χ1n) is 7.90. The van der Waals surface area contributed by atoms with Crippen LogP contribution in [-0.4, -0.2) is 47.5 Å². The predicted molar refractivity (Wildman–Crippen MR) is 92.3 cm³/mol. The van der Waals surface area contributed by atoms with E-state index in [9.17, 15) is 9.59 Å². The fourth-order valence-electron chi connectivity index (χ4n) is 2.54. The Morgan fingerprint density at radius 3 is 2.52 bits per heavy atom. The molecule has 0 aliphatic carbocycles. The van der Waals surface area contributed by atoms with Crippen LogP contribution in [-0.2, 0) is 16.1 Å². The number of thioether (sulfide) groups is 1. The summed E-state index contributed by atoms with van der Waals surface area (Å²) in [5, 5.41) is 2.73. The van der Waals surface area contributed by atoms with Gasteiger partial charge >= 0.3 is 6.09 Å². The minimum absolute atomic E-state index is 0.00706. The van der Waals surface area contributed by atoms with E-state index in [1.165, 1.54) is 0 Å². The molecule has 1 aromatic carbocycles. The van der Waals surface area contributed by atoms with Crippen LogP contribution in [0.25, 0.3) is 0 Å². The lowest BCUT2D eigenvalue weighted by molar-refractivity contribution is -0.132. The van der Waals surface area contributed by atoms with Crippen molar-refractivity contribution in [3.63, 3.8) is 0 Å². The standard InChI is InChI=1S/C17H24N2O3S/c1-13(23-2)15(16(20)19-10-6-7-11-19)18-17(21)22-12-14-8-4-3-5-9-14/h3-5,8-9,13,15H,6-7,10-12H2,1-2H3,(H,18,21)/t13-,15+/m1/s1. The zero-order valence-electron chi connectivity index (χ0n) is 13.7. The fraction of sp³-hybridized carbons (Fsp3) is 0.529. The van der Waals surface area contributed by atoms with Crippen LogP contribution in [0, 0.1) is 0 Å². The Labute approximate surface area is 141 Å². The number of likely N-dealkylation sites (tertiary alicyclic amines) is 1. The first-order chi connectivity index (χ1) is 11.1. The van der Waals surface area contributed by atoms with Crippen molar-refractivity contribution in [3.8, 4) is 0 Å². The second-order valence-corrected chi connectivity index (χ2v) is 6.87. The molecule has 0 radical (unpaired) electrons. The Hall–Kier alpha value is -1.69. The Kier molecular flexibility index (Phi) is 6.77. The number of carbonyl (C=O) groups is 2. The maximum Gasteiger partial charge on any atom is 0.408 e. The lowest BCUT2D eigenvalue weighted by atomic mass is 10.2. The number of nitrogens with zero attached hydrogens (tertiary/aromatic N) is 1. The molecule has 2 atom stereocenters. The van der Waals surface area contributed by atoms with Gasteiger partial charge in [-0.3, -0.25) is 4.79 Å². The van der Waals surface area contributed by atoms with Gasteiger partial charge in [0.1, 0.15) is 12.6 Å². The number of nitrogens with one attached hydrogen (secondary N) is 1. The molecule has 23 heavy (non-hydrogen) atoms. The van der Waals surface area contributed by atoms with E-state index in [1.807, 2.05) is 48.4 Å². The number of ether oxygens (including phenoxy) is 1. The van der Waals surface area contributed by atoms with Crippen molar-refractivity contribution in [1.29, 1.82) is 0 Å². The van der Waals surface area contributed by atoms with Gasteiger partial charge in [-0.15, -0.1) is 0 Å². The summed E-state index contributed by atoms with van der Waals surface area (Å²) in [4.78, 5) is 26.5. The highest BCUT2D eigenvalue weighted by Gasteiger charge is 2.32. The zero-order valence-corrected chi connectivity index (χ0v) is 14.5. The minimum atomic E-state index is -0.550. The molecule has 2 rings (SSSR count). The molecule has 2 amide bonds. The third kappa shape index (κ3) is 5.16. The average Bonchev–Trinajstić information content (AvgIpc) is 3.12. The SMILES string of the molecule is CS[C@H](C)[C@H](NC(=O)OCc1ccccc1)C(=O)N1CCCC1. The van der Waals surface area contributed by atoms with Crippen molar-refractivity contribution < 1.29 is 14.3 Å². The molecular weight excluding hydrogens is 312 g/mol. The monoisotopic (exact) mass is 336 g/mol. The van der Waals surface area contributed by atoms with E-state index < -0.39 is 12.1 Å². The van der Waals surface area contributed by atoms with Crippen molar-refractivity contribution in [1.82, 2.24) is 10.2 Å². The van der Waals surface area contributed by atoms with Gasteiger partial charge in [-0.1, -0.05) is 37.3 Å². The van der Waals surface area contributed by atoms with E-state index in [4.69, 9.17) is 4.74 Å². The molecule has 1 aromatic rings. The summed E-state index contributed by atoms with van der Waals surface area (Å²) < 4.78 is 5.24. The molecule has 0 saturated carbocycles. The molecule has 1 saturated heterocycles. The average molecular weight is 336 g/mol. The van der Waals surface area contributed by atoms with E-state index in [0.717, 1.165) is 31.5 Å². The Bertz CT molecular complexity index is 518. The van der Waals surface area contributed by atoms with E-state index in [1.54, 1.807) is 11.8 Å². The second kappa shape index (κ2) is 8.82. The number of benzene rings is 1. The van der Waals surface area contributed by atoms with Crippen molar-refractivity contribution >= 4 is 23.8 Å². The molecule has 1 aliphatic heterocycles. The maximum absolute atomic E-state index is 12.6. The number of amides is 2. The van der Waals surface area contributed by atoms with Gasteiger partial charge in [-0.05, 0) is 24.7 Å². The van der Waals surface area contributed by atoms with Crippen LogP contribution >= 0.6 is 11.8 Å². The van der Waals surface area contributed by atoms with Crippen LogP contribution in [0.1, 0.15) is 25.3 Å². The molecule has 6 heteroatoms. The maximum atomic E-state index is 12.6. The fourth-order valence-corrected chi connectivity index (χ4v) is 3.00. The molecular formula is C17H24N2O3S. The van der Waals surface area contributed by atoms with Crippen LogP contribution in [0.3, 0.4) is 0 Å². The third-order valence-corrected chi connectivity index (χ3v) is 5.03. The Balaban J connectivity index is 1.91. The molecule has 1 heterocycles. The molecule has 0 aromatic heterocycles. The normalized spacial score (nSPS) is 16.7. The second-order valence-electron chi connectivity index (χ2n) is 5.66. The summed E-state index contributed by atoms with van der Waals surface area (Å²) in [6, 6.07) is 8.94. The van der Waals surface area contributed by atoms with Crippen LogP contribution in [0.2, 0.25) is 0 Å². The first kappa shape index (κ1) is 17.7. The van der Waals surface area contributed by atoms with Crippen molar-refractivity contribution in [2.24, 2.45) is 0 Å². The molecule has 1 aliphatic rings. The van der Waals surface area contributed by atoms with Crippen LogP contribution in [0.15, 0.2) is 30.3 Å². The third-order valence-electron chi connectivity index (χ3n) is 4.01. The summed E-state index contributed by atoms with van der Waals surface area (Å²) in [6.45, 7) is 3.69. The van der Waals surface area contributed by atoms with Gasteiger partial charge < -0.3 is 15.0 Å². The zero-order chi connectivity index (χ0) is 16.7. The van der Waals surface area contributed by atoms with Crippen LogP contribution in [0.4, 0.5) is 4.79 Å². The van der Waals surface area contributed by atoms with E-state index >= 15 is 0 Å². The highest BCUT2D eigenvalue weighted by molar-refractivity contribution is 7.99. The summed E-state index contributed by atoms with van der Waals surface area (Å²) in [6.07, 6.45) is 3.45. The lowest BCUT2D eigenvalue weighted by Crippen LogP contribution is -2.52. The van der Waals surface area contributed by atoms with E-state index in [-0.39, 0.29) is 17.8 Å². The highest BCUT2D eigenvalue weighted by atomic mass is 32.2. The van der Waals surface area contributed by atoms with Gasteiger partial charge in [-0.25, -0.2) is 4.79 Å². The molecule has 0 unspecified atom stereocenters. The molecule has 1 fully saturated rings. The van der Waals surface area contributed by atoms with E-state index in [2.05, 4.69) is 5.32 Å². The summed E-state index contributed by atoms with van der Waals surface area (Å²) in [5.74, 6) is -0.0130. The van der Waals surface area contributed by atoms with Crippen molar-refractivity contribution in [2.75, 3.05) is 19.3 Å². The van der Waals surface area contributed by atoms with Crippen molar-refractivity contribution in [2.45, 2.75) is 37.7 Å². The molecule has 0 bridgehead atoms. The molecule has 5 nitrogen and oxygen atoms in total. The van der Waals surface area contributed by atoms with Gasteiger partial charge in [0, 0.05) is 18.3 Å². The van der Waals surface area contributed by atoms with Gasteiger partial charge in [-0.2, -0.15) is 11.8 Å². The molecule has 0 spiro atoms. The Morgan fingerprint density at radius 1 is 1.26 bits per heavy atom. The van der Waals surface area contributed by atoms with E-state index in [0.29, 0.717) is 0 Å². The summed E-state index contributed by atoms with van der Waals surface area (Å²) in [7, 11) is 0. The lowest BCUT2D eigenvalue weighted by Gasteiger charge is -2.27. The van der Waals surface area contributed by atoms with Crippen molar-refractivity contribution in [3.05, 3.63) is 35.9 Å². The van der Waals surface area contributed by atoms with Gasteiger partial charge in [0.15, 0.2) is 0 Å². The minimum Gasteiger partial charge on any atom is -0.445 e. The highest BCUT2D eigenvalue weighted by Crippen LogP contribution is 2.16. The Morgan fingerprint density at radius 2 is 1.91 bits per heavy atom. The van der Waals surface area contributed by atoms with Crippen LogP contribution < -0.4 is 5.32 Å². The quantitative estimate of drug-likeness (QED) is 0.868. The van der Waals surface area contributed by atoms with Gasteiger partial charge in [0.2, 0.25) is 5.91 Å². The van der Waals surface area contributed by atoms with Gasteiger partial charge in [0.25, 0.3) is 0 Å². The predicted octanol–water partition coefficient (Wildman–Crippen LogP) is 2.66.